The molecule has 0 saturated carbocycles. The highest BCUT2D eigenvalue weighted by Crippen LogP contribution is 2.24. The molecule has 8 nitrogen and oxygen atoms in total. The van der Waals surface area contributed by atoms with Crippen molar-refractivity contribution in [3.05, 3.63) is 96.3 Å². The number of nitrogens with one attached hydrogen (secondary N) is 1. The summed E-state index contributed by atoms with van der Waals surface area (Å²) in [4.78, 5) is 25.4. The SMILES string of the molecule is C=C(/C=C(\C=NCc1ccnc(C)c1)CNc1ncnc(-c2cc3cccnc3cn2)c1F)OC. The number of halogens is 1. The van der Waals surface area contributed by atoms with E-state index < -0.39 is 5.82 Å². The summed E-state index contributed by atoms with van der Waals surface area (Å²) in [6.07, 6.45) is 9.75. The number of nitrogens with zero attached hydrogens (tertiary/aromatic N) is 6. The zero-order valence-corrected chi connectivity index (χ0v) is 19.4. The fourth-order valence-electron chi connectivity index (χ4n) is 3.33. The molecular weight excluding hydrogens is 445 g/mol. The van der Waals surface area contributed by atoms with Crippen molar-refractivity contribution in [3.8, 4) is 11.4 Å². The van der Waals surface area contributed by atoms with Crippen LogP contribution in [0.2, 0.25) is 0 Å². The fraction of sp³-hybridized carbons (Fsp3) is 0.154. The Hall–Kier alpha value is -4.53. The van der Waals surface area contributed by atoms with Gasteiger partial charge in [-0.25, -0.2) is 14.4 Å². The lowest BCUT2D eigenvalue weighted by molar-refractivity contribution is 0.308. The number of allylic oxidation sites excluding steroid dienone is 1. The van der Waals surface area contributed by atoms with E-state index in [0.717, 1.165) is 27.7 Å². The molecule has 4 aromatic heterocycles. The molecule has 0 bridgehead atoms. The third kappa shape index (κ3) is 6.08. The maximum atomic E-state index is 15.3. The number of fused-ring (bicyclic) bond motifs is 1. The van der Waals surface area contributed by atoms with Gasteiger partial charge in [-0.05, 0) is 48.4 Å². The predicted octanol–water partition coefficient (Wildman–Crippen LogP) is 4.70. The highest BCUT2D eigenvalue weighted by atomic mass is 19.1. The van der Waals surface area contributed by atoms with Gasteiger partial charge in [0.25, 0.3) is 0 Å². The van der Waals surface area contributed by atoms with Crippen molar-refractivity contribution >= 4 is 22.9 Å². The van der Waals surface area contributed by atoms with E-state index in [-0.39, 0.29) is 18.1 Å². The van der Waals surface area contributed by atoms with Crippen LogP contribution in [0.25, 0.3) is 22.3 Å². The molecule has 4 heterocycles. The van der Waals surface area contributed by atoms with Crippen molar-refractivity contribution in [2.75, 3.05) is 19.0 Å². The molecule has 176 valence electrons. The number of anilines is 1. The Morgan fingerprint density at radius 2 is 2.03 bits per heavy atom. The molecule has 9 heteroatoms. The van der Waals surface area contributed by atoms with E-state index in [2.05, 4.69) is 41.8 Å². The number of aryl methyl sites for hydroxylation is 1. The van der Waals surface area contributed by atoms with Gasteiger partial charge < -0.3 is 10.1 Å². The fourth-order valence-corrected chi connectivity index (χ4v) is 3.33. The molecule has 0 saturated heterocycles. The van der Waals surface area contributed by atoms with Crippen molar-refractivity contribution in [1.82, 2.24) is 24.9 Å². The minimum Gasteiger partial charge on any atom is -0.497 e. The number of ether oxygens (including phenoxy) is 1. The van der Waals surface area contributed by atoms with Crippen LogP contribution >= 0.6 is 0 Å². The van der Waals surface area contributed by atoms with E-state index in [4.69, 9.17) is 4.74 Å². The van der Waals surface area contributed by atoms with Crippen LogP contribution in [0.1, 0.15) is 11.3 Å². The summed E-state index contributed by atoms with van der Waals surface area (Å²) in [6.45, 7) is 6.48. The van der Waals surface area contributed by atoms with Gasteiger partial charge in [0.05, 0.1) is 31.1 Å². The van der Waals surface area contributed by atoms with E-state index in [1.165, 1.54) is 13.4 Å². The molecule has 0 aromatic carbocycles. The van der Waals surface area contributed by atoms with Crippen molar-refractivity contribution in [2.45, 2.75) is 13.5 Å². The first-order valence-electron chi connectivity index (χ1n) is 10.8. The van der Waals surface area contributed by atoms with Crippen LogP contribution in [0, 0.1) is 12.7 Å². The van der Waals surface area contributed by atoms with Gasteiger partial charge in [0.1, 0.15) is 17.8 Å². The molecule has 0 spiro atoms. The Labute approximate surface area is 202 Å². The van der Waals surface area contributed by atoms with Gasteiger partial charge in [-0.3, -0.25) is 19.9 Å². The van der Waals surface area contributed by atoms with E-state index in [1.807, 2.05) is 31.2 Å². The van der Waals surface area contributed by atoms with E-state index >= 15 is 4.39 Å². The lowest BCUT2D eigenvalue weighted by atomic mass is 10.2. The first-order valence-corrected chi connectivity index (χ1v) is 10.8. The third-order valence-electron chi connectivity index (χ3n) is 5.08. The van der Waals surface area contributed by atoms with Crippen molar-refractivity contribution in [3.63, 3.8) is 0 Å². The number of aromatic nitrogens is 5. The molecule has 0 amide bonds. The minimum absolute atomic E-state index is 0.0511. The van der Waals surface area contributed by atoms with Gasteiger partial charge >= 0.3 is 0 Å². The second-order valence-electron chi connectivity index (χ2n) is 7.67. The highest BCUT2D eigenvalue weighted by Gasteiger charge is 2.15. The second kappa shape index (κ2) is 11.1. The second-order valence-corrected chi connectivity index (χ2v) is 7.67. The average Bonchev–Trinajstić information content (AvgIpc) is 2.87. The van der Waals surface area contributed by atoms with Gasteiger partial charge in [0.15, 0.2) is 11.6 Å². The van der Waals surface area contributed by atoms with E-state index in [1.54, 1.807) is 36.9 Å². The zero-order valence-electron chi connectivity index (χ0n) is 19.4. The minimum atomic E-state index is -0.600. The third-order valence-corrected chi connectivity index (χ3v) is 5.08. The Morgan fingerprint density at radius 1 is 1.14 bits per heavy atom. The summed E-state index contributed by atoms with van der Waals surface area (Å²) in [7, 11) is 1.53. The van der Waals surface area contributed by atoms with Crippen LogP contribution < -0.4 is 5.32 Å². The number of aliphatic imine (C=N–C) groups is 1. The van der Waals surface area contributed by atoms with Crippen molar-refractivity contribution in [2.24, 2.45) is 4.99 Å². The predicted molar refractivity (Wildman–Crippen MR) is 134 cm³/mol. The smallest absolute Gasteiger partial charge is 0.193 e. The summed E-state index contributed by atoms with van der Waals surface area (Å²) >= 11 is 0. The monoisotopic (exact) mass is 469 g/mol. The lowest BCUT2D eigenvalue weighted by Gasteiger charge is -2.10. The van der Waals surface area contributed by atoms with Crippen molar-refractivity contribution < 1.29 is 9.13 Å². The van der Waals surface area contributed by atoms with Crippen LogP contribution in [-0.2, 0) is 11.3 Å². The highest BCUT2D eigenvalue weighted by molar-refractivity contribution is 5.82. The van der Waals surface area contributed by atoms with Gasteiger partial charge in [0.2, 0.25) is 0 Å². The molecule has 0 radical (unpaired) electrons. The molecule has 0 unspecified atom stereocenters. The molecule has 0 fully saturated rings. The number of pyridine rings is 3. The van der Waals surface area contributed by atoms with Gasteiger partial charge in [-0.15, -0.1) is 0 Å². The molecule has 0 aliphatic rings. The summed E-state index contributed by atoms with van der Waals surface area (Å²) in [5, 5.41) is 3.86. The molecule has 35 heavy (non-hydrogen) atoms. The van der Waals surface area contributed by atoms with Crippen LogP contribution in [0.5, 0.6) is 0 Å². The van der Waals surface area contributed by atoms with Gasteiger partial charge in [0, 0.05) is 36.2 Å². The van der Waals surface area contributed by atoms with Crippen molar-refractivity contribution in [1.29, 1.82) is 0 Å². The Bertz CT molecular complexity index is 1420. The van der Waals surface area contributed by atoms with Crippen LogP contribution in [-0.4, -0.2) is 44.8 Å². The largest absolute Gasteiger partial charge is 0.497 e. The zero-order chi connectivity index (χ0) is 24.6. The number of rotatable bonds is 9. The summed E-state index contributed by atoms with van der Waals surface area (Å²) in [5.41, 5.74) is 3.91. The standard InChI is InChI=1S/C26H24FN7O/c1-17-9-19(6-8-29-17)12-28-13-20(10-18(2)35-3)14-32-26-24(27)25(33-16-34-26)22-11-21-5-4-7-30-23(21)15-31-22/h4-11,13,15-16H,2,12,14H2,1,3H3,(H,32,33,34)/b20-10+,28-13?. The average molecular weight is 470 g/mol. The molecule has 0 atom stereocenters. The first kappa shape index (κ1) is 23.6. The number of methoxy groups -OCH3 is 1. The topological polar surface area (TPSA) is 98.1 Å². The quantitative estimate of drug-likeness (QED) is 0.216. The van der Waals surface area contributed by atoms with Gasteiger partial charge in [-0.1, -0.05) is 12.6 Å². The van der Waals surface area contributed by atoms with Crippen LogP contribution in [0.4, 0.5) is 10.2 Å². The molecule has 4 aromatic rings. The summed E-state index contributed by atoms with van der Waals surface area (Å²) in [5.74, 6) is -0.0987. The molecule has 0 aliphatic heterocycles. The molecular formula is C26H24FN7O. The Kier molecular flexibility index (Phi) is 7.47. The van der Waals surface area contributed by atoms with Crippen LogP contribution in [0.3, 0.4) is 0 Å². The summed E-state index contributed by atoms with van der Waals surface area (Å²) < 4.78 is 20.5. The van der Waals surface area contributed by atoms with Gasteiger partial charge in [-0.2, -0.15) is 0 Å². The van der Waals surface area contributed by atoms with E-state index in [0.29, 0.717) is 18.0 Å². The van der Waals surface area contributed by atoms with E-state index in [9.17, 15) is 0 Å². The molecule has 0 aliphatic carbocycles. The Balaban J connectivity index is 1.52. The van der Waals surface area contributed by atoms with Crippen LogP contribution in [0.15, 0.2) is 84.2 Å². The lowest BCUT2D eigenvalue weighted by Crippen LogP contribution is -2.11. The maximum absolute atomic E-state index is 15.3. The normalized spacial score (nSPS) is 11.7. The summed E-state index contributed by atoms with van der Waals surface area (Å²) in [6, 6.07) is 9.34. The first-order chi connectivity index (χ1) is 17.0. The maximum Gasteiger partial charge on any atom is 0.193 e. The Morgan fingerprint density at radius 3 is 2.86 bits per heavy atom. The molecule has 4 rings (SSSR count). The number of hydrogen-bond donors (Lipinski definition) is 1. The number of hydrogen-bond acceptors (Lipinski definition) is 8. The molecule has 1 N–H and O–H groups in total.